The van der Waals surface area contributed by atoms with Crippen molar-refractivity contribution in [2.24, 2.45) is 0 Å². The van der Waals surface area contributed by atoms with Crippen molar-refractivity contribution in [3.8, 4) is 0 Å². The zero-order chi connectivity index (χ0) is 16.6. The molecule has 0 fully saturated rings. The smallest absolute Gasteiger partial charge is 0.304 e. The molecule has 0 atom stereocenters. The predicted molar refractivity (Wildman–Crippen MR) is 95.7 cm³/mol. The van der Waals surface area contributed by atoms with Crippen molar-refractivity contribution in [3.05, 3.63) is 29.8 Å². The Bertz CT molecular complexity index is 512. The van der Waals surface area contributed by atoms with Crippen molar-refractivity contribution in [2.75, 3.05) is 16.8 Å². The van der Waals surface area contributed by atoms with E-state index in [1.54, 1.807) is 23.5 Å². The lowest BCUT2D eigenvalue weighted by Crippen LogP contribution is -2.18. The number of carboxylic acid groups (broad SMARTS) is 1. The van der Waals surface area contributed by atoms with Gasteiger partial charge in [-0.2, -0.15) is 11.8 Å². The fourth-order valence-electron chi connectivity index (χ4n) is 1.57. The third-order valence-electron chi connectivity index (χ3n) is 2.58. The third-order valence-corrected chi connectivity index (χ3v) is 4.88. The van der Waals surface area contributed by atoms with Gasteiger partial charge in [0.15, 0.2) is 0 Å². The van der Waals surface area contributed by atoms with Crippen LogP contribution >= 0.6 is 23.5 Å². The van der Waals surface area contributed by atoms with Crippen LogP contribution in [0, 0.1) is 0 Å². The molecule has 1 aromatic rings. The molecule has 0 unspecified atom stereocenters. The Morgan fingerprint density at radius 3 is 2.64 bits per heavy atom. The van der Waals surface area contributed by atoms with Crippen LogP contribution in [0.2, 0.25) is 0 Å². The van der Waals surface area contributed by atoms with E-state index in [0.29, 0.717) is 11.5 Å². The number of hydrogen-bond donors (Lipinski definition) is 2. The van der Waals surface area contributed by atoms with Gasteiger partial charge in [-0.25, -0.2) is 0 Å². The maximum atomic E-state index is 11.9. The minimum absolute atomic E-state index is 0.00407. The highest BCUT2D eigenvalue weighted by molar-refractivity contribution is 8.01. The number of carbonyl (C=O) groups is 2. The van der Waals surface area contributed by atoms with E-state index in [1.807, 2.05) is 24.3 Å². The first-order valence-corrected chi connectivity index (χ1v) is 9.22. The lowest BCUT2D eigenvalue weighted by Gasteiger charge is -2.17. The monoisotopic (exact) mass is 341 g/mol. The summed E-state index contributed by atoms with van der Waals surface area (Å²) in [6, 6.07) is 7.69. The van der Waals surface area contributed by atoms with Gasteiger partial charge in [0, 0.05) is 21.9 Å². The largest absolute Gasteiger partial charge is 0.481 e. The van der Waals surface area contributed by atoms with E-state index in [2.05, 4.69) is 26.1 Å². The predicted octanol–water partition coefficient (Wildman–Crippen LogP) is 3.86. The SMILES string of the molecule is CC(C)(C)SCC(=O)Nc1cccc(CSCCC(=O)O)c1. The molecular weight excluding hydrogens is 318 g/mol. The number of carboxylic acids is 1. The number of benzene rings is 1. The lowest BCUT2D eigenvalue weighted by molar-refractivity contribution is -0.136. The fourth-order valence-corrected chi connectivity index (χ4v) is 3.08. The summed E-state index contributed by atoms with van der Waals surface area (Å²) >= 11 is 3.19. The second-order valence-electron chi connectivity index (χ2n) is 5.85. The number of hydrogen-bond acceptors (Lipinski definition) is 4. The minimum Gasteiger partial charge on any atom is -0.481 e. The van der Waals surface area contributed by atoms with E-state index in [4.69, 9.17) is 5.11 Å². The topological polar surface area (TPSA) is 66.4 Å². The average molecular weight is 341 g/mol. The number of nitrogens with one attached hydrogen (secondary N) is 1. The van der Waals surface area contributed by atoms with Gasteiger partial charge in [-0.1, -0.05) is 32.9 Å². The van der Waals surface area contributed by atoms with E-state index in [9.17, 15) is 9.59 Å². The Labute approximate surface area is 140 Å². The Kier molecular flexibility index (Phi) is 7.82. The van der Waals surface area contributed by atoms with Crippen molar-refractivity contribution in [1.29, 1.82) is 0 Å². The molecule has 122 valence electrons. The van der Waals surface area contributed by atoms with Crippen molar-refractivity contribution in [1.82, 2.24) is 0 Å². The van der Waals surface area contributed by atoms with Crippen LogP contribution in [-0.4, -0.2) is 33.2 Å². The van der Waals surface area contributed by atoms with Gasteiger partial charge in [0.1, 0.15) is 0 Å². The van der Waals surface area contributed by atoms with E-state index < -0.39 is 5.97 Å². The highest BCUT2D eigenvalue weighted by atomic mass is 32.2. The van der Waals surface area contributed by atoms with Gasteiger partial charge in [-0.15, -0.1) is 11.8 Å². The third kappa shape index (κ3) is 9.00. The first-order chi connectivity index (χ1) is 10.3. The van der Waals surface area contributed by atoms with Gasteiger partial charge in [-0.3, -0.25) is 9.59 Å². The molecule has 0 saturated carbocycles. The van der Waals surface area contributed by atoms with Crippen molar-refractivity contribution in [2.45, 2.75) is 37.7 Å². The quantitative estimate of drug-likeness (QED) is 0.703. The Morgan fingerprint density at radius 1 is 1.27 bits per heavy atom. The summed E-state index contributed by atoms with van der Waals surface area (Å²) in [6.07, 6.45) is 0.172. The molecule has 6 heteroatoms. The Hall–Kier alpha value is -1.14. The molecular formula is C16H23NO3S2. The standard InChI is InChI=1S/C16H23NO3S2/c1-16(2,3)22-11-14(18)17-13-6-4-5-12(9-13)10-21-8-7-15(19)20/h4-6,9H,7-8,10-11H2,1-3H3,(H,17,18)(H,19,20). The summed E-state index contributed by atoms with van der Waals surface area (Å²) in [5.41, 5.74) is 1.87. The van der Waals surface area contributed by atoms with Crippen LogP contribution in [0.5, 0.6) is 0 Å². The molecule has 0 aliphatic carbocycles. The number of aliphatic carboxylic acids is 1. The lowest BCUT2D eigenvalue weighted by atomic mass is 10.2. The normalized spacial score (nSPS) is 11.2. The molecule has 1 amide bonds. The van der Waals surface area contributed by atoms with E-state index in [0.717, 1.165) is 17.0 Å². The van der Waals surface area contributed by atoms with Crippen LogP contribution in [0.3, 0.4) is 0 Å². The number of thioether (sulfide) groups is 2. The van der Waals surface area contributed by atoms with Gasteiger partial charge >= 0.3 is 5.97 Å². The number of carbonyl (C=O) groups excluding carboxylic acids is 1. The first-order valence-electron chi connectivity index (χ1n) is 7.08. The fraction of sp³-hybridized carbons (Fsp3) is 0.500. The first kappa shape index (κ1) is 18.9. The maximum Gasteiger partial charge on any atom is 0.304 e. The molecule has 1 aromatic carbocycles. The number of rotatable bonds is 8. The molecule has 4 nitrogen and oxygen atoms in total. The van der Waals surface area contributed by atoms with Gasteiger partial charge < -0.3 is 10.4 Å². The van der Waals surface area contributed by atoms with Crippen LogP contribution in [0.25, 0.3) is 0 Å². The summed E-state index contributed by atoms with van der Waals surface area (Å²) in [6.45, 7) is 6.25. The van der Waals surface area contributed by atoms with Gasteiger partial charge in [0.05, 0.1) is 12.2 Å². The molecule has 0 radical (unpaired) electrons. The summed E-state index contributed by atoms with van der Waals surface area (Å²) < 4.78 is 0.0694. The molecule has 0 saturated heterocycles. The van der Waals surface area contributed by atoms with Gasteiger partial charge in [0.25, 0.3) is 0 Å². The summed E-state index contributed by atoms with van der Waals surface area (Å²) in [7, 11) is 0. The van der Waals surface area contributed by atoms with Crippen LogP contribution in [0.4, 0.5) is 5.69 Å². The highest BCUT2D eigenvalue weighted by Gasteiger charge is 2.13. The van der Waals surface area contributed by atoms with Gasteiger partial charge in [-0.05, 0) is 17.7 Å². The second-order valence-corrected chi connectivity index (χ2v) is 8.75. The molecule has 0 heterocycles. The molecule has 22 heavy (non-hydrogen) atoms. The van der Waals surface area contributed by atoms with E-state index >= 15 is 0 Å². The van der Waals surface area contributed by atoms with Crippen molar-refractivity contribution < 1.29 is 14.7 Å². The average Bonchev–Trinajstić information content (AvgIpc) is 2.41. The van der Waals surface area contributed by atoms with Crippen molar-refractivity contribution in [3.63, 3.8) is 0 Å². The second kappa shape index (κ2) is 9.10. The minimum atomic E-state index is -0.773. The molecule has 1 rings (SSSR count). The van der Waals surface area contributed by atoms with Crippen molar-refractivity contribution >= 4 is 41.1 Å². The Balaban J connectivity index is 2.43. The summed E-state index contributed by atoms with van der Waals surface area (Å²) in [5.74, 6) is 0.989. The molecule has 0 aromatic heterocycles. The molecule has 0 bridgehead atoms. The highest BCUT2D eigenvalue weighted by Crippen LogP contribution is 2.23. The van der Waals surface area contributed by atoms with Crippen LogP contribution < -0.4 is 5.32 Å². The van der Waals surface area contributed by atoms with Crippen LogP contribution in [0.15, 0.2) is 24.3 Å². The zero-order valence-electron chi connectivity index (χ0n) is 13.2. The molecule has 0 spiro atoms. The van der Waals surface area contributed by atoms with Gasteiger partial charge in [0.2, 0.25) is 5.91 Å². The Morgan fingerprint density at radius 2 is 2.00 bits per heavy atom. The zero-order valence-corrected chi connectivity index (χ0v) is 14.9. The molecule has 2 N–H and O–H groups in total. The summed E-state index contributed by atoms with van der Waals surface area (Å²) in [5, 5.41) is 11.5. The van der Waals surface area contributed by atoms with Crippen LogP contribution in [-0.2, 0) is 15.3 Å². The van der Waals surface area contributed by atoms with E-state index in [1.165, 1.54) is 0 Å². The summed E-state index contributed by atoms with van der Waals surface area (Å²) in [4.78, 5) is 22.4. The number of anilines is 1. The maximum absolute atomic E-state index is 11.9. The number of amides is 1. The van der Waals surface area contributed by atoms with E-state index in [-0.39, 0.29) is 17.1 Å². The molecule has 0 aliphatic heterocycles. The van der Waals surface area contributed by atoms with Crippen LogP contribution in [0.1, 0.15) is 32.8 Å². The molecule has 0 aliphatic rings.